The van der Waals surface area contributed by atoms with E-state index in [4.69, 9.17) is 0 Å². The van der Waals surface area contributed by atoms with Gasteiger partial charge in [-0.3, -0.25) is 4.72 Å². The molecule has 0 spiro atoms. The second kappa shape index (κ2) is 2.38. The molecule has 1 aromatic carbocycles. The van der Waals surface area contributed by atoms with E-state index in [0.717, 1.165) is 5.69 Å². The van der Waals surface area contributed by atoms with Gasteiger partial charge in [-0.05, 0) is 12.1 Å². The Bertz CT molecular complexity index is 400. The molecule has 0 bridgehead atoms. The number of nitrogens with one attached hydrogen (secondary N) is 2. The summed E-state index contributed by atoms with van der Waals surface area (Å²) in [4.78, 5) is 0. The van der Waals surface area contributed by atoms with E-state index in [9.17, 15) is 8.42 Å². The highest BCUT2D eigenvalue weighted by molar-refractivity contribution is 7.92. The largest absolute Gasteiger partial charge is 0.368 e. The van der Waals surface area contributed by atoms with Gasteiger partial charge in [0.2, 0.25) is 0 Å². The molecule has 0 amide bonds. The lowest BCUT2D eigenvalue weighted by molar-refractivity contribution is 0.602. The van der Waals surface area contributed by atoms with E-state index < -0.39 is 10.0 Å². The van der Waals surface area contributed by atoms with Crippen molar-refractivity contribution >= 4 is 21.4 Å². The van der Waals surface area contributed by atoms with Crippen LogP contribution in [0, 0.1) is 0 Å². The fourth-order valence-electron chi connectivity index (χ4n) is 1.10. The molecule has 0 saturated carbocycles. The van der Waals surface area contributed by atoms with Crippen LogP contribution in [-0.4, -0.2) is 14.3 Å². The molecule has 0 unspecified atom stereocenters. The summed E-state index contributed by atoms with van der Waals surface area (Å²) in [7, 11) is -3.16. The van der Waals surface area contributed by atoms with Crippen molar-refractivity contribution in [1.82, 2.24) is 0 Å². The van der Waals surface area contributed by atoms with Gasteiger partial charge in [0.25, 0.3) is 10.0 Å². The zero-order valence-corrected chi connectivity index (χ0v) is 7.06. The lowest BCUT2D eigenvalue weighted by atomic mass is 10.3. The Morgan fingerprint density at radius 2 is 1.83 bits per heavy atom. The van der Waals surface area contributed by atoms with Gasteiger partial charge in [0.1, 0.15) is 5.88 Å². The smallest absolute Gasteiger partial charge is 0.250 e. The number of para-hydroxylation sites is 2. The number of anilines is 2. The van der Waals surface area contributed by atoms with E-state index in [-0.39, 0.29) is 5.88 Å². The van der Waals surface area contributed by atoms with Crippen LogP contribution in [0.3, 0.4) is 0 Å². The molecule has 1 heterocycles. The van der Waals surface area contributed by atoms with E-state index in [0.29, 0.717) is 5.69 Å². The van der Waals surface area contributed by atoms with Gasteiger partial charge in [0.05, 0.1) is 11.4 Å². The summed E-state index contributed by atoms with van der Waals surface area (Å²) in [6, 6.07) is 7.19. The van der Waals surface area contributed by atoms with Crippen molar-refractivity contribution in [3.05, 3.63) is 24.3 Å². The molecule has 12 heavy (non-hydrogen) atoms. The molecule has 0 saturated heterocycles. The van der Waals surface area contributed by atoms with E-state index in [1.54, 1.807) is 12.1 Å². The van der Waals surface area contributed by atoms with Gasteiger partial charge < -0.3 is 5.32 Å². The maximum Gasteiger partial charge on any atom is 0.250 e. The lowest BCUT2D eigenvalue weighted by Crippen LogP contribution is -2.27. The predicted molar refractivity (Wildman–Crippen MR) is 47.5 cm³/mol. The minimum atomic E-state index is -3.16. The molecular formula is C7H8N2O2S. The molecule has 64 valence electrons. The molecule has 1 aliphatic heterocycles. The molecular weight excluding hydrogens is 176 g/mol. The summed E-state index contributed by atoms with van der Waals surface area (Å²) >= 11 is 0. The van der Waals surface area contributed by atoms with Crippen molar-refractivity contribution in [3.8, 4) is 0 Å². The average molecular weight is 184 g/mol. The third-order valence-corrected chi connectivity index (χ3v) is 2.70. The van der Waals surface area contributed by atoms with Crippen molar-refractivity contribution in [2.45, 2.75) is 0 Å². The Kier molecular flexibility index (Phi) is 1.47. The van der Waals surface area contributed by atoms with Crippen LogP contribution in [0.2, 0.25) is 0 Å². The number of fused-ring (bicyclic) bond motifs is 1. The lowest BCUT2D eigenvalue weighted by Gasteiger charge is -2.19. The van der Waals surface area contributed by atoms with Crippen molar-refractivity contribution in [1.29, 1.82) is 0 Å². The monoisotopic (exact) mass is 184 g/mol. The van der Waals surface area contributed by atoms with Crippen LogP contribution in [0.1, 0.15) is 0 Å². The SMILES string of the molecule is O=S1(=O)CNc2ccccc2N1. The quantitative estimate of drug-likeness (QED) is 0.627. The molecule has 2 rings (SSSR count). The summed E-state index contributed by atoms with van der Waals surface area (Å²) < 4.78 is 24.5. The number of rotatable bonds is 0. The highest BCUT2D eigenvalue weighted by atomic mass is 32.2. The Morgan fingerprint density at radius 1 is 1.17 bits per heavy atom. The average Bonchev–Trinajstić information content (AvgIpc) is 2.02. The molecule has 0 atom stereocenters. The minimum Gasteiger partial charge on any atom is -0.368 e. The van der Waals surface area contributed by atoms with Crippen LogP contribution >= 0.6 is 0 Å². The van der Waals surface area contributed by atoms with E-state index in [1.807, 2.05) is 12.1 Å². The Labute approximate surface area is 70.7 Å². The summed E-state index contributed by atoms with van der Waals surface area (Å²) in [6.07, 6.45) is 0. The number of sulfonamides is 1. The van der Waals surface area contributed by atoms with Gasteiger partial charge in [-0.2, -0.15) is 0 Å². The van der Waals surface area contributed by atoms with Gasteiger partial charge in [0.15, 0.2) is 0 Å². The fraction of sp³-hybridized carbons (Fsp3) is 0.143. The zero-order valence-electron chi connectivity index (χ0n) is 6.24. The number of benzene rings is 1. The summed E-state index contributed by atoms with van der Waals surface area (Å²) in [5.41, 5.74) is 1.44. The first-order valence-electron chi connectivity index (χ1n) is 3.51. The Hall–Kier alpha value is -1.23. The van der Waals surface area contributed by atoms with Crippen molar-refractivity contribution < 1.29 is 8.42 Å². The number of hydrogen-bond acceptors (Lipinski definition) is 3. The van der Waals surface area contributed by atoms with Gasteiger partial charge in [-0.25, -0.2) is 8.42 Å². The third-order valence-electron chi connectivity index (χ3n) is 1.65. The molecule has 0 aromatic heterocycles. The molecule has 5 heteroatoms. The van der Waals surface area contributed by atoms with Crippen molar-refractivity contribution in [3.63, 3.8) is 0 Å². The van der Waals surface area contributed by atoms with Gasteiger partial charge in [-0.1, -0.05) is 12.1 Å². The summed E-state index contributed by atoms with van der Waals surface area (Å²) in [5.74, 6) is -0.0516. The molecule has 1 aromatic rings. The zero-order chi connectivity index (χ0) is 8.60. The molecule has 1 aliphatic rings. The van der Waals surface area contributed by atoms with Gasteiger partial charge in [-0.15, -0.1) is 0 Å². The Balaban J connectivity index is 2.48. The summed E-state index contributed by atoms with van der Waals surface area (Å²) in [6.45, 7) is 0. The maximum atomic E-state index is 11.0. The van der Waals surface area contributed by atoms with Crippen LogP contribution < -0.4 is 10.0 Å². The highest BCUT2D eigenvalue weighted by Gasteiger charge is 2.17. The first kappa shape index (κ1) is 7.42. The van der Waals surface area contributed by atoms with Crippen LogP contribution in [0.4, 0.5) is 11.4 Å². The van der Waals surface area contributed by atoms with Gasteiger partial charge >= 0.3 is 0 Å². The molecule has 4 nitrogen and oxygen atoms in total. The number of hydrogen-bond donors (Lipinski definition) is 2. The molecule has 0 radical (unpaired) electrons. The molecule has 0 aliphatic carbocycles. The van der Waals surface area contributed by atoms with E-state index in [1.165, 1.54) is 0 Å². The molecule has 0 fully saturated rings. The van der Waals surface area contributed by atoms with Gasteiger partial charge in [0, 0.05) is 0 Å². The van der Waals surface area contributed by atoms with E-state index in [2.05, 4.69) is 10.0 Å². The summed E-state index contributed by atoms with van der Waals surface area (Å²) in [5, 5.41) is 2.80. The van der Waals surface area contributed by atoms with Crippen molar-refractivity contribution in [2.75, 3.05) is 15.9 Å². The fourth-order valence-corrected chi connectivity index (χ4v) is 2.03. The first-order chi connectivity index (χ1) is 5.67. The normalized spacial score (nSPS) is 18.7. The molecule has 2 N–H and O–H groups in total. The van der Waals surface area contributed by atoms with E-state index >= 15 is 0 Å². The second-order valence-corrected chi connectivity index (χ2v) is 4.31. The van der Waals surface area contributed by atoms with Crippen LogP contribution in [0.15, 0.2) is 24.3 Å². The minimum absolute atomic E-state index is 0.0516. The topological polar surface area (TPSA) is 58.2 Å². The van der Waals surface area contributed by atoms with Crippen LogP contribution in [-0.2, 0) is 10.0 Å². The van der Waals surface area contributed by atoms with Crippen LogP contribution in [0.25, 0.3) is 0 Å². The third kappa shape index (κ3) is 1.23. The second-order valence-electron chi connectivity index (χ2n) is 2.58. The van der Waals surface area contributed by atoms with Crippen molar-refractivity contribution in [2.24, 2.45) is 0 Å². The Morgan fingerprint density at radius 3 is 2.58 bits per heavy atom. The van der Waals surface area contributed by atoms with Crippen LogP contribution in [0.5, 0.6) is 0 Å². The highest BCUT2D eigenvalue weighted by Crippen LogP contribution is 2.25. The first-order valence-corrected chi connectivity index (χ1v) is 5.16. The standard InChI is InChI=1S/C7H8N2O2S/c10-12(11)5-8-6-3-1-2-4-7(6)9-12/h1-4,8-9H,5H2. The predicted octanol–water partition coefficient (Wildman–Crippen LogP) is 0.811. The maximum absolute atomic E-state index is 11.0.